The molecule has 0 unspecified atom stereocenters. The molecular formula is C10H11BrO2. The van der Waals surface area contributed by atoms with Gasteiger partial charge in [0, 0.05) is 4.47 Å². The topological polar surface area (TPSA) is 37.3 Å². The van der Waals surface area contributed by atoms with Gasteiger partial charge in [-0.1, -0.05) is 28.1 Å². The number of carbonyl (C=O) groups is 1. The van der Waals surface area contributed by atoms with E-state index in [1.807, 2.05) is 26.0 Å². The van der Waals surface area contributed by atoms with Crippen molar-refractivity contribution >= 4 is 21.9 Å². The van der Waals surface area contributed by atoms with Crippen LogP contribution in [0.5, 0.6) is 0 Å². The van der Waals surface area contributed by atoms with Gasteiger partial charge in [-0.3, -0.25) is 4.79 Å². The summed E-state index contributed by atoms with van der Waals surface area (Å²) in [4.78, 5) is 10.5. The third kappa shape index (κ3) is 2.31. The molecule has 0 aromatic heterocycles. The van der Waals surface area contributed by atoms with Crippen LogP contribution in [-0.2, 0) is 11.2 Å². The summed E-state index contributed by atoms with van der Waals surface area (Å²) < 4.78 is 0.912. The molecule has 13 heavy (non-hydrogen) atoms. The van der Waals surface area contributed by atoms with Crippen molar-refractivity contribution in [2.75, 3.05) is 0 Å². The molecule has 0 atom stereocenters. The number of halogens is 1. The number of aryl methyl sites for hydroxylation is 1. The third-order valence-corrected chi connectivity index (χ3v) is 3.18. The van der Waals surface area contributed by atoms with Crippen LogP contribution in [0.15, 0.2) is 16.6 Å². The lowest BCUT2D eigenvalue weighted by Gasteiger charge is -2.07. The molecule has 0 aliphatic heterocycles. The Bertz CT molecular complexity index is 345. The Balaban J connectivity index is 3.10. The second-order valence-corrected chi connectivity index (χ2v) is 3.84. The Hall–Kier alpha value is -0.830. The first-order valence-electron chi connectivity index (χ1n) is 3.98. The predicted molar refractivity (Wildman–Crippen MR) is 55.0 cm³/mol. The van der Waals surface area contributed by atoms with Crippen LogP contribution in [0, 0.1) is 13.8 Å². The molecule has 2 nitrogen and oxygen atoms in total. The summed E-state index contributed by atoms with van der Waals surface area (Å²) in [5.74, 6) is -0.802. The SMILES string of the molecule is Cc1ccc(CC(=O)O)c(Br)c1C. The van der Waals surface area contributed by atoms with E-state index in [4.69, 9.17) is 5.11 Å². The summed E-state index contributed by atoms with van der Waals surface area (Å²) in [5.41, 5.74) is 3.11. The van der Waals surface area contributed by atoms with Gasteiger partial charge in [-0.15, -0.1) is 0 Å². The van der Waals surface area contributed by atoms with E-state index >= 15 is 0 Å². The molecule has 0 spiro atoms. The zero-order valence-corrected chi connectivity index (χ0v) is 9.18. The number of carboxylic acids is 1. The van der Waals surface area contributed by atoms with Crippen molar-refractivity contribution in [2.45, 2.75) is 20.3 Å². The zero-order chi connectivity index (χ0) is 10.0. The lowest BCUT2D eigenvalue weighted by Crippen LogP contribution is -2.02. The van der Waals surface area contributed by atoms with E-state index in [-0.39, 0.29) is 6.42 Å². The van der Waals surface area contributed by atoms with Crippen molar-refractivity contribution < 1.29 is 9.90 Å². The first-order valence-corrected chi connectivity index (χ1v) is 4.78. The van der Waals surface area contributed by atoms with E-state index in [1.54, 1.807) is 0 Å². The lowest BCUT2D eigenvalue weighted by atomic mass is 10.0. The van der Waals surface area contributed by atoms with Gasteiger partial charge < -0.3 is 5.11 Å². The highest BCUT2D eigenvalue weighted by Crippen LogP contribution is 2.24. The number of carboxylic acid groups (broad SMARTS) is 1. The van der Waals surface area contributed by atoms with Crippen LogP contribution in [0.3, 0.4) is 0 Å². The quantitative estimate of drug-likeness (QED) is 0.866. The number of rotatable bonds is 2. The van der Waals surface area contributed by atoms with Crippen molar-refractivity contribution in [3.05, 3.63) is 33.3 Å². The van der Waals surface area contributed by atoms with Gasteiger partial charge in [0.25, 0.3) is 0 Å². The smallest absolute Gasteiger partial charge is 0.307 e. The molecule has 1 aromatic rings. The summed E-state index contributed by atoms with van der Waals surface area (Å²) in [6.45, 7) is 3.98. The van der Waals surface area contributed by atoms with E-state index < -0.39 is 5.97 Å². The molecule has 0 fully saturated rings. The molecule has 0 saturated carbocycles. The first-order chi connectivity index (χ1) is 6.02. The van der Waals surface area contributed by atoms with Gasteiger partial charge in [0.1, 0.15) is 0 Å². The molecule has 0 radical (unpaired) electrons. The first kappa shape index (κ1) is 10.3. The van der Waals surface area contributed by atoms with Crippen LogP contribution < -0.4 is 0 Å². The summed E-state index contributed by atoms with van der Waals surface area (Å²) in [5, 5.41) is 8.63. The average Bonchev–Trinajstić information content (AvgIpc) is 2.06. The molecule has 1 rings (SSSR count). The summed E-state index contributed by atoms with van der Waals surface area (Å²) in [6, 6.07) is 3.79. The molecule has 0 saturated heterocycles. The van der Waals surface area contributed by atoms with Gasteiger partial charge >= 0.3 is 5.97 Å². The second-order valence-electron chi connectivity index (χ2n) is 3.05. The van der Waals surface area contributed by atoms with Crippen molar-refractivity contribution in [3.63, 3.8) is 0 Å². The average molecular weight is 243 g/mol. The maximum atomic E-state index is 10.5. The van der Waals surface area contributed by atoms with Crippen LogP contribution in [0.1, 0.15) is 16.7 Å². The molecule has 0 heterocycles. The second kappa shape index (κ2) is 3.92. The molecule has 70 valence electrons. The van der Waals surface area contributed by atoms with Crippen LogP contribution in [0.25, 0.3) is 0 Å². The molecule has 1 N–H and O–H groups in total. The molecule has 3 heteroatoms. The Morgan fingerprint density at radius 2 is 2.08 bits per heavy atom. The fourth-order valence-corrected chi connectivity index (χ4v) is 1.72. The van der Waals surface area contributed by atoms with Crippen LogP contribution in [-0.4, -0.2) is 11.1 Å². The molecule has 0 aliphatic rings. The Morgan fingerprint density at radius 1 is 1.46 bits per heavy atom. The number of aliphatic carboxylic acids is 1. The maximum Gasteiger partial charge on any atom is 0.307 e. The zero-order valence-electron chi connectivity index (χ0n) is 7.60. The van der Waals surface area contributed by atoms with Gasteiger partial charge in [0.2, 0.25) is 0 Å². The minimum Gasteiger partial charge on any atom is -0.481 e. The molecular weight excluding hydrogens is 232 g/mol. The summed E-state index contributed by atoms with van der Waals surface area (Å²) >= 11 is 3.40. The predicted octanol–water partition coefficient (Wildman–Crippen LogP) is 2.69. The lowest BCUT2D eigenvalue weighted by molar-refractivity contribution is -0.136. The van der Waals surface area contributed by atoms with E-state index in [9.17, 15) is 4.79 Å². The Kier molecular flexibility index (Phi) is 3.09. The largest absolute Gasteiger partial charge is 0.481 e. The number of hydrogen-bond acceptors (Lipinski definition) is 1. The number of hydrogen-bond donors (Lipinski definition) is 1. The monoisotopic (exact) mass is 242 g/mol. The standard InChI is InChI=1S/C10H11BrO2/c1-6-3-4-8(5-9(12)13)10(11)7(6)2/h3-4H,5H2,1-2H3,(H,12,13). The highest BCUT2D eigenvalue weighted by atomic mass is 79.9. The summed E-state index contributed by atoms with van der Waals surface area (Å²) in [6.07, 6.45) is 0.0711. The number of benzene rings is 1. The fourth-order valence-electron chi connectivity index (χ4n) is 1.14. The van der Waals surface area contributed by atoms with E-state index in [1.165, 1.54) is 5.56 Å². The van der Waals surface area contributed by atoms with Gasteiger partial charge in [0.15, 0.2) is 0 Å². The van der Waals surface area contributed by atoms with Gasteiger partial charge in [-0.05, 0) is 30.5 Å². The normalized spacial score (nSPS) is 10.1. The maximum absolute atomic E-state index is 10.5. The molecule has 1 aromatic carbocycles. The molecule has 0 aliphatic carbocycles. The van der Waals surface area contributed by atoms with E-state index in [2.05, 4.69) is 15.9 Å². The highest BCUT2D eigenvalue weighted by Gasteiger charge is 2.07. The van der Waals surface area contributed by atoms with E-state index in [0.29, 0.717) is 0 Å². The van der Waals surface area contributed by atoms with Crippen molar-refractivity contribution in [2.24, 2.45) is 0 Å². The Morgan fingerprint density at radius 3 is 2.62 bits per heavy atom. The highest BCUT2D eigenvalue weighted by molar-refractivity contribution is 9.10. The van der Waals surface area contributed by atoms with Crippen molar-refractivity contribution in [3.8, 4) is 0 Å². The Labute approximate surface area is 85.7 Å². The molecule has 0 amide bonds. The van der Waals surface area contributed by atoms with Gasteiger partial charge in [-0.2, -0.15) is 0 Å². The fraction of sp³-hybridized carbons (Fsp3) is 0.300. The van der Waals surface area contributed by atoms with Gasteiger partial charge in [0.05, 0.1) is 6.42 Å². The third-order valence-electron chi connectivity index (χ3n) is 2.08. The van der Waals surface area contributed by atoms with Crippen LogP contribution >= 0.6 is 15.9 Å². The minimum atomic E-state index is -0.802. The van der Waals surface area contributed by atoms with Crippen molar-refractivity contribution in [1.82, 2.24) is 0 Å². The van der Waals surface area contributed by atoms with Crippen LogP contribution in [0.2, 0.25) is 0 Å². The van der Waals surface area contributed by atoms with Gasteiger partial charge in [-0.25, -0.2) is 0 Å². The van der Waals surface area contributed by atoms with E-state index in [0.717, 1.165) is 15.6 Å². The van der Waals surface area contributed by atoms with Crippen molar-refractivity contribution in [1.29, 1.82) is 0 Å². The molecule has 0 bridgehead atoms. The minimum absolute atomic E-state index is 0.0711. The van der Waals surface area contributed by atoms with Crippen LogP contribution in [0.4, 0.5) is 0 Å². The summed E-state index contributed by atoms with van der Waals surface area (Å²) in [7, 11) is 0.